The van der Waals surface area contributed by atoms with Crippen LogP contribution in [0.15, 0.2) is 77.9 Å². The number of carbonyl (C=O) groups excluding carboxylic acids is 2. The number of ether oxygens (including phenoxy) is 1. The molecule has 1 amide bonds. The van der Waals surface area contributed by atoms with Gasteiger partial charge in [0.1, 0.15) is 5.75 Å². The predicted molar refractivity (Wildman–Crippen MR) is 119 cm³/mol. The van der Waals surface area contributed by atoms with E-state index in [1.54, 1.807) is 60.7 Å². The largest absolute Gasteiger partial charge is 0.423 e. The second-order valence-corrected chi connectivity index (χ2v) is 7.04. The fourth-order valence-electron chi connectivity index (χ4n) is 2.51. The van der Waals surface area contributed by atoms with Crippen LogP contribution in [0, 0.1) is 0 Å². The molecule has 0 saturated heterocycles. The molecule has 30 heavy (non-hydrogen) atoms. The second kappa shape index (κ2) is 9.71. The molecule has 0 bridgehead atoms. The van der Waals surface area contributed by atoms with Crippen molar-refractivity contribution in [3.63, 3.8) is 0 Å². The van der Waals surface area contributed by atoms with Crippen LogP contribution >= 0.6 is 11.6 Å². The van der Waals surface area contributed by atoms with Gasteiger partial charge in [0, 0.05) is 30.4 Å². The van der Waals surface area contributed by atoms with Gasteiger partial charge in [0.05, 0.1) is 11.8 Å². The standard InChI is InChI=1S/C23H20ClN3O3/c1-27(2)20-11-7-18(8-12-20)23(29)30-21-13-3-16(4-14-21)15-25-26-22(28)17-5-9-19(24)10-6-17/h3-15H,1-2H3,(H,26,28). The minimum atomic E-state index is -0.433. The van der Waals surface area contributed by atoms with Gasteiger partial charge in [0.2, 0.25) is 0 Å². The van der Waals surface area contributed by atoms with E-state index in [1.165, 1.54) is 6.21 Å². The third-order valence-electron chi connectivity index (χ3n) is 4.20. The van der Waals surface area contributed by atoms with Gasteiger partial charge < -0.3 is 9.64 Å². The zero-order chi connectivity index (χ0) is 21.5. The zero-order valence-corrected chi connectivity index (χ0v) is 17.3. The maximum absolute atomic E-state index is 12.3. The van der Waals surface area contributed by atoms with E-state index in [9.17, 15) is 9.59 Å². The van der Waals surface area contributed by atoms with Gasteiger partial charge in [-0.05, 0) is 78.4 Å². The molecule has 0 aliphatic heterocycles. The minimum Gasteiger partial charge on any atom is -0.423 e. The molecule has 0 aliphatic rings. The maximum Gasteiger partial charge on any atom is 0.343 e. The third kappa shape index (κ3) is 5.68. The van der Waals surface area contributed by atoms with Crippen LogP contribution in [0.25, 0.3) is 0 Å². The SMILES string of the molecule is CN(C)c1ccc(C(=O)Oc2ccc(C=NNC(=O)c3ccc(Cl)cc3)cc2)cc1. The van der Waals surface area contributed by atoms with E-state index in [1.807, 2.05) is 31.1 Å². The second-order valence-electron chi connectivity index (χ2n) is 6.61. The van der Waals surface area contributed by atoms with Gasteiger partial charge >= 0.3 is 5.97 Å². The Hall–Kier alpha value is -3.64. The number of rotatable bonds is 6. The molecule has 0 unspecified atom stereocenters. The Morgan fingerprint density at radius 3 is 2.10 bits per heavy atom. The van der Waals surface area contributed by atoms with Crippen molar-refractivity contribution in [2.45, 2.75) is 0 Å². The Kier molecular flexibility index (Phi) is 6.83. The molecule has 3 aromatic rings. The van der Waals surface area contributed by atoms with Crippen LogP contribution in [0.4, 0.5) is 5.69 Å². The average Bonchev–Trinajstić information content (AvgIpc) is 2.75. The summed E-state index contributed by atoms with van der Waals surface area (Å²) in [5, 5.41) is 4.49. The van der Waals surface area contributed by atoms with Crippen molar-refractivity contribution in [1.82, 2.24) is 5.43 Å². The Morgan fingerprint density at radius 1 is 0.900 bits per heavy atom. The van der Waals surface area contributed by atoms with Crippen LogP contribution < -0.4 is 15.1 Å². The molecule has 0 aliphatic carbocycles. The number of hydrogen-bond acceptors (Lipinski definition) is 5. The highest BCUT2D eigenvalue weighted by Gasteiger charge is 2.09. The number of nitrogens with zero attached hydrogens (tertiary/aromatic N) is 2. The maximum atomic E-state index is 12.3. The fraction of sp³-hybridized carbons (Fsp3) is 0.0870. The Balaban J connectivity index is 1.55. The first-order valence-corrected chi connectivity index (χ1v) is 9.49. The summed E-state index contributed by atoms with van der Waals surface area (Å²) in [5.74, 6) is -0.357. The topological polar surface area (TPSA) is 71.0 Å². The normalized spacial score (nSPS) is 10.6. The lowest BCUT2D eigenvalue weighted by Crippen LogP contribution is -2.17. The van der Waals surface area contributed by atoms with Gasteiger partial charge in [-0.25, -0.2) is 10.2 Å². The summed E-state index contributed by atoms with van der Waals surface area (Å²) >= 11 is 5.80. The number of carbonyl (C=O) groups is 2. The zero-order valence-electron chi connectivity index (χ0n) is 16.5. The van der Waals surface area contributed by atoms with E-state index >= 15 is 0 Å². The molecule has 0 atom stereocenters. The summed E-state index contributed by atoms with van der Waals surface area (Å²) in [6.07, 6.45) is 1.50. The molecule has 0 aromatic heterocycles. The fourth-order valence-corrected chi connectivity index (χ4v) is 2.64. The lowest BCUT2D eigenvalue weighted by atomic mass is 10.2. The number of halogens is 1. The molecular weight excluding hydrogens is 402 g/mol. The van der Waals surface area contributed by atoms with E-state index in [0.29, 0.717) is 21.9 Å². The molecule has 0 fully saturated rings. The van der Waals surface area contributed by atoms with E-state index in [0.717, 1.165) is 11.3 Å². The summed E-state index contributed by atoms with van der Waals surface area (Å²) in [4.78, 5) is 26.2. The smallest absolute Gasteiger partial charge is 0.343 e. The summed E-state index contributed by atoms with van der Waals surface area (Å²) in [5.41, 5.74) is 5.11. The molecule has 1 N–H and O–H groups in total. The summed E-state index contributed by atoms with van der Waals surface area (Å²) < 4.78 is 5.39. The first-order chi connectivity index (χ1) is 14.4. The number of nitrogens with one attached hydrogen (secondary N) is 1. The van der Waals surface area contributed by atoms with Crippen LogP contribution in [0.3, 0.4) is 0 Å². The van der Waals surface area contributed by atoms with Crippen molar-refractivity contribution in [3.8, 4) is 5.75 Å². The van der Waals surface area contributed by atoms with Crippen molar-refractivity contribution in [2.24, 2.45) is 5.10 Å². The van der Waals surface area contributed by atoms with E-state index in [4.69, 9.17) is 16.3 Å². The number of hydrogen-bond donors (Lipinski definition) is 1. The number of esters is 1. The van der Waals surface area contributed by atoms with E-state index in [2.05, 4.69) is 10.5 Å². The first kappa shape index (κ1) is 21.1. The Morgan fingerprint density at radius 2 is 1.50 bits per heavy atom. The van der Waals surface area contributed by atoms with E-state index in [-0.39, 0.29) is 5.91 Å². The van der Waals surface area contributed by atoms with Crippen molar-refractivity contribution in [1.29, 1.82) is 0 Å². The van der Waals surface area contributed by atoms with Crippen molar-refractivity contribution in [3.05, 3.63) is 94.5 Å². The molecule has 0 heterocycles. The van der Waals surface area contributed by atoms with Crippen LogP contribution in [0.5, 0.6) is 5.75 Å². The summed E-state index contributed by atoms with van der Waals surface area (Å²) in [7, 11) is 3.86. The molecule has 3 rings (SSSR count). The summed E-state index contributed by atoms with van der Waals surface area (Å²) in [6.45, 7) is 0. The minimum absolute atomic E-state index is 0.339. The Labute approximate surface area is 179 Å². The highest BCUT2D eigenvalue weighted by molar-refractivity contribution is 6.30. The van der Waals surface area contributed by atoms with Crippen LogP contribution in [-0.2, 0) is 0 Å². The quantitative estimate of drug-likeness (QED) is 0.277. The molecule has 0 saturated carbocycles. The lowest BCUT2D eigenvalue weighted by molar-refractivity contribution is 0.0734. The number of anilines is 1. The molecule has 6 nitrogen and oxygen atoms in total. The number of benzene rings is 3. The van der Waals surface area contributed by atoms with Crippen molar-refractivity contribution in [2.75, 3.05) is 19.0 Å². The van der Waals surface area contributed by atoms with Gasteiger partial charge in [0.25, 0.3) is 5.91 Å². The molecule has 3 aromatic carbocycles. The Bertz CT molecular complexity index is 1040. The molecule has 0 spiro atoms. The number of amides is 1. The third-order valence-corrected chi connectivity index (χ3v) is 4.45. The first-order valence-electron chi connectivity index (χ1n) is 9.11. The highest BCUT2D eigenvalue weighted by atomic mass is 35.5. The molecule has 7 heteroatoms. The van der Waals surface area contributed by atoms with Gasteiger partial charge in [-0.2, -0.15) is 5.10 Å². The van der Waals surface area contributed by atoms with Crippen molar-refractivity contribution < 1.29 is 14.3 Å². The van der Waals surface area contributed by atoms with Gasteiger partial charge in [0.15, 0.2) is 0 Å². The molecular formula is C23H20ClN3O3. The predicted octanol–water partition coefficient (Wildman–Crippen LogP) is 4.39. The monoisotopic (exact) mass is 421 g/mol. The van der Waals surface area contributed by atoms with Crippen LogP contribution in [0.1, 0.15) is 26.3 Å². The average molecular weight is 422 g/mol. The molecule has 0 radical (unpaired) electrons. The van der Waals surface area contributed by atoms with Crippen molar-refractivity contribution >= 4 is 35.4 Å². The molecule has 152 valence electrons. The van der Waals surface area contributed by atoms with Gasteiger partial charge in [-0.3, -0.25) is 4.79 Å². The van der Waals surface area contributed by atoms with E-state index < -0.39 is 5.97 Å². The number of hydrazone groups is 1. The van der Waals surface area contributed by atoms with Crippen LogP contribution in [0.2, 0.25) is 5.02 Å². The van der Waals surface area contributed by atoms with Crippen LogP contribution in [-0.4, -0.2) is 32.2 Å². The van der Waals surface area contributed by atoms with Gasteiger partial charge in [-0.15, -0.1) is 0 Å². The highest BCUT2D eigenvalue weighted by Crippen LogP contribution is 2.16. The summed E-state index contributed by atoms with van der Waals surface area (Å²) in [6, 6.07) is 20.4. The van der Waals surface area contributed by atoms with Gasteiger partial charge in [-0.1, -0.05) is 11.6 Å². The lowest BCUT2D eigenvalue weighted by Gasteiger charge is -2.12.